The lowest BCUT2D eigenvalue weighted by atomic mass is 10.4. The van der Waals surface area contributed by atoms with E-state index in [1.165, 1.54) is 5.41 Å². The van der Waals surface area contributed by atoms with Gasteiger partial charge in [-0.1, -0.05) is 18.7 Å². The van der Waals surface area contributed by atoms with Gasteiger partial charge in [-0.25, -0.2) is 0 Å². The van der Waals surface area contributed by atoms with Gasteiger partial charge in [-0.05, 0) is 11.5 Å². The van der Waals surface area contributed by atoms with Crippen molar-refractivity contribution in [2.75, 3.05) is 0 Å². The highest BCUT2D eigenvalue weighted by atomic mass is 32.1. The molecule has 0 aliphatic carbocycles. The summed E-state index contributed by atoms with van der Waals surface area (Å²) in [5, 5.41) is 1.53. The maximum atomic E-state index is 5.31. The van der Waals surface area contributed by atoms with Gasteiger partial charge in [0, 0.05) is 5.70 Å². The highest BCUT2D eigenvalue weighted by Gasteiger charge is 1.71. The molecule has 0 aliphatic heterocycles. The van der Waals surface area contributed by atoms with Gasteiger partial charge in [-0.15, -0.1) is 12.6 Å². The Labute approximate surface area is 55.0 Å². The fourth-order valence-corrected chi connectivity index (χ4v) is 0.308. The number of thiol groups is 1. The molecule has 2 heteroatoms. The van der Waals surface area contributed by atoms with Crippen molar-refractivity contribution in [3.8, 4) is 0 Å². The Morgan fingerprint density at radius 2 is 2.25 bits per heavy atom. The molecule has 0 aromatic heterocycles. The van der Waals surface area contributed by atoms with E-state index < -0.39 is 0 Å². The second kappa shape index (κ2) is 4.53. The summed E-state index contributed by atoms with van der Waals surface area (Å²) >= 11 is 3.82. The average molecular weight is 127 g/mol. The van der Waals surface area contributed by atoms with Crippen molar-refractivity contribution in [1.29, 1.82) is 0 Å². The second-order valence-electron chi connectivity index (χ2n) is 1.22. The monoisotopic (exact) mass is 127 g/mol. The zero-order valence-corrected chi connectivity index (χ0v) is 5.44. The lowest BCUT2D eigenvalue weighted by molar-refractivity contribution is 1.45. The van der Waals surface area contributed by atoms with Crippen LogP contribution >= 0.6 is 12.6 Å². The third-order valence-corrected chi connectivity index (χ3v) is 0.872. The highest BCUT2D eigenvalue weighted by Crippen LogP contribution is 1.88. The molecule has 0 bridgehead atoms. The van der Waals surface area contributed by atoms with Crippen molar-refractivity contribution in [2.45, 2.75) is 0 Å². The fraction of sp³-hybridized carbons (Fsp3) is 0. The van der Waals surface area contributed by atoms with E-state index in [0.29, 0.717) is 5.70 Å². The van der Waals surface area contributed by atoms with Crippen LogP contribution in [0.5, 0.6) is 0 Å². The Morgan fingerprint density at radius 3 is 2.62 bits per heavy atom. The SMILES string of the molecule is C=C/C=C\C(N)=C/S. The molecule has 44 valence electrons. The van der Waals surface area contributed by atoms with Crippen LogP contribution in [0.3, 0.4) is 0 Å². The van der Waals surface area contributed by atoms with E-state index in [1.807, 2.05) is 0 Å². The van der Waals surface area contributed by atoms with Gasteiger partial charge in [0.15, 0.2) is 0 Å². The summed E-state index contributed by atoms with van der Waals surface area (Å²) in [6, 6.07) is 0. The summed E-state index contributed by atoms with van der Waals surface area (Å²) in [6.45, 7) is 3.47. The van der Waals surface area contributed by atoms with Crippen LogP contribution in [0, 0.1) is 0 Å². The zero-order valence-electron chi connectivity index (χ0n) is 4.54. The first-order valence-electron chi connectivity index (χ1n) is 2.20. The minimum absolute atomic E-state index is 0.633. The molecule has 0 aliphatic rings. The van der Waals surface area contributed by atoms with Crippen LogP contribution in [0.15, 0.2) is 35.9 Å². The summed E-state index contributed by atoms with van der Waals surface area (Å²) < 4.78 is 0. The Morgan fingerprint density at radius 1 is 1.62 bits per heavy atom. The Balaban J connectivity index is 3.69. The van der Waals surface area contributed by atoms with Crippen molar-refractivity contribution in [1.82, 2.24) is 0 Å². The topological polar surface area (TPSA) is 26.0 Å². The van der Waals surface area contributed by atoms with Crippen LogP contribution in [0.1, 0.15) is 0 Å². The third kappa shape index (κ3) is 3.56. The van der Waals surface area contributed by atoms with E-state index in [2.05, 4.69) is 19.2 Å². The number of rotatable bonds is 2. The van der Waals surface area contributed by atoms with Gasteiger partial charge >= 0.3 is 0 Å². The second-order valence-corrected chi connectivity index (χ2v) is 1.48. The van der Waals surface area contributed by atoms with E-state index >= 15 is 0 Å². The molecule has 0 radical (unpaired) electrons. The van der Waals surface area contributed by atoms with Crippen LogP contribution in [0.2, 0.25) is 0 Å². The van der Waals surface area contributed by atoms with Crippen molar-refractivity contribution in [3.63, 3.8) is 0 Å². The molecule has 0 aromatic carbocycles. The number of nitrogens with two attached hydrogens (primary N) is 1. The molecular weight excluding hydrogens is 118 g/mol. The van der Waals surface area contributed by atoms with Crippen LogP contribution < -0.4 is 5.73 Å². The molecule has 0 spiro atoms. The van der Waals surface area contributed by atoms with Crippen LogP contribution in [0.4, 0.5) is 0 Å². The van der Waals surface area contributed by atoms with Gasteiger partial charge < -0.3 is 5.73 Å². The van der Waals surface area contributed by atoms with Crippen molar-refractivity contribution in [2.24, 2.45) is 5.73 Å². The lowest BCUT2D eigenvalue weighted by Crippen LogP contribution is -1.89. The van der Waals surface area contributed by atoms with Gasteiger partial charge in [-0.3, -0.25) is 0 Å². The van der Waals surface area contributed by atoms with Gasteiger partial charge in [0.25, 0.3) is 0 Å². The minimum atomic E-state index is 0.633. The molecule has 0 heterocycles. The number of hydrogen-bond donors (Lipinski definition) is 2. The van der Waals surface area contributed by atoms with Gasteiger partial charge in [0.1, 0.15) is 0 Å². The normalized spacial score (nSPS) is 12.4. The van der Waals surface area contributed by atoms with Crippen LogP contribution in [-0.2, 0) is 0 Å². The molecule has 0 atom stereocenters. The molecule has 8 heavy (non-hydrogen) atoms. The molecule has 0 saturated heterocycles. The van der Waals surface area contributed by atoms with Crippen molar-refractivity contribution in [3.05, 3.63) is 35.9 Å². The molecule has 0 aromatic rings. The Bertz CT molecular complexity index is 124. The Hall–Kier alpha value is -0.630. The molecule has 0 fully saturated rings. The zero-order chi connectivity index (χ0) is 6.41. The largest absolute Gasteiger partial charge is 0.398 e. The van der Waals surface area contributed by atoms with Crippen LogP contribution in [-0.4, -0.2) is 0 Å². The summed E-state index contributed by atoms with van der Waals surface area (Å²) in [6.07, 6.45) is 5.13. The highest BCUT2D eigenvalue weighted by molar-refractivity contribution is 7.83. The van der Waals surface area contributed by atoms with Crippen LogP contribution in [0.25, 0.3) is 0 Å². The van der Waals surface area contributed by atoms with Gasteiger partial charge in [0.2, 0.25) is 0 Å². The average Bonchev–Trinajstić information content (AvgIpc) is 1.83. The smallest absolute Gasteiger partial charge is 0.0375 e. The first-order valence-corrected chi connectivity index (χ1v) is 2.72. The number of hydrogen-bond acceptors (Lipinski definition) is 2. The molecule has 0 saturated carbocycles. The third-order valence-electron chi connectivity index (χ3n) is 0.574. The Kier molecular flexibility index (Phi) is 4.17. The molecule has 2 N–H and O–H groups in total. The van der Waals surface area contributed by atoms with E-state index in [0.717, 1.165) is 0 Å². The minimum Gasteiger partial charge on any atom is -0.398 e. The summed E-state index contributed by atoms with van der Waals surface area (Å²) in [5.41, 5.74) is 5.94. The quantitative estimate of drug-likeness (QED) is 0.426. The lowest BCUT2D eigenvalue weighted by Gasteiger charge is -1.83. The molecule has 0 rings (SSSR count). The predicted octanol–water partition coefficient (Wildman–Crippen LogP) is 1.46. The summed E-state index contributed by atoms with van der Waals surface area (Å²) in [5.74, 6) is 0. The molecule has 0 unspecified atom stereocenters. The van der Waals surface area contributed by atoms with Crippen molar-refractivity contribution >= 4 is 12.6 Å². The van der Waals surface area contributed by atoms with E-state index in [9.17, 15) is 0 Å². The molecular formula is C6H9NS. The summed E-state index contributed by atoms with van der Waals surface area (Å²) in [4.78, 5) is 0. The molecule has 1 nitrogen and oxygen atoms in total. The first kappa shape index (κ1) is 7.37. The van der Waals surface area contributed by atoms with Crippen molar-refractivity contribution < 1.29 is 0 Å². The van der Waals surface area contributed by atoms with Gasteiger partial charge in [0.05, 0.1) is 0 Å². The van der Waals surface area contributed by atoms with E-state index in [-0.39, 0.29) is 0 Å². The van der Waals surface area contributed by atoms with E-state index in [1.54, 1.807) is 18.2 Å². The fourth-order valence-electron chi connectivity index (χ4n) is 0.222. The number of allylic oxidation sites excluding steroid dienone is 3. The summed E-state index contributed by atoms with van der Waals surface area (Å²) in [7, 11) is 0. The standard InChI is InChI=1S/C6H9NS/c1-2-3-4-6(7)5-8/h2-5,8H,1,7H2/b4-3-,6-5+. The maximum Gasteiger partial charge on any atom is 0.0375 e. The first-order chi connectivity index (χ1) is 3.81. The molecule has 0 amide bonds. The van der Waals surface area contributed by atoms with Gasteiger partial charge in [-0.2, -0.15) is 0 Å². The maximum absolute atomic E-state index is 5.31. The van der Waals surface area contributed by atoms with E-state index in [4.69, 9.17) is 5.73 Å². The predicted molar refractivity (Wildman–Crippen MR) is 40.6 cm³/mol.